The molecule has 0 aliphatic carbocycles. The minimum absolute atomic E-state index is 0.0724. The number of rotatable bonds is 10. The molecule has 0 aliphatic heterocycles. The largest absolute Gasteiger partial charge is 0.491 e. The quantitative estimate of drug-likeness (QED) is 0.633. The lowest BCUT2D eigenvalue weighted by Crippen LogP contribution is -2.42. The summed E-state index contributed by atoms with van der Waals surface area (Å²) in [6.45, 7) is 6.30. The Balaban J connectivity index is 2.36. The SMILES string of the molecule is CCC(=O)c1ccc(OCC(O)CN(C)CC(=O)NC(C)C)cc1. The lowest BCUT2D eigenvalue weighted by Gasteiger charge is -2.21. The predicted octanol–water partition coefficient (Wildman–Crippen LogP) is 1.48. The molecule has 0 radical (unpaired) electrons. The van der Waals surface area contributed by atoms with Gasteiger partial charge in [-0.2, -0.15) is 0 Å². The highest BCUT2D eigenvalue weighted by Gasteiger charge is 2.13. The standard InChI is InChI=1S/C18H28N2O4/c1-5-17(22)14-6-8-16(9-7-14)24-12-15(21)10-20(4)11-18(23)19-13(2)3/h6-9,13,15,21H,5,10-12H2,1-4H3,(H,19,23). The molecule has 1 aromatic carbocycles. The number of benzene rings is 1. The Morgan fingerprint density at radius 2 is 1.88 bits per heavy atom. The topological polar surface area (TPSA) is 78.9 Å². The van der Waals surface area contributed by atoms with E-state index in [2.05, 4.69) is 5.32 Å². The van der Waals surface area contributed by atoms with E-state index >= 15 is 0 Å². The molecule has 1 aromatic rings. The molecule has 6 heteroatoms. The van der Waals surface area contributed by atoms with Crippen LogP contribution in [0.1, 0.15) is 37.6 Å². The van der Waals surface area contributed by atoms with Crippen LogP contribution in [0.3, 0.4) is 0 Å². The van der Waals surface area contributed by atoms with Gasteiger partial charge in [0.1, 0.15) is 18.5 Å². The van der Waals surface area contributed by atoms with E-state index in [-0.39, 0.29) is 30.9 Å². The molecule has 1 rings (SSSR count). The molecule has 0 aliphatic rings. The van der Waals surface area contributed by atoms with Gasteiger partial charge in [0.25, 0.3) is 0 Å². The molecule has 1 amide bonds. The normalized spacial score (nSPS) is 12.3. The van der Waals surface area contributed by atoms with Crippen molar-refractivity contribution >= 4 is 11.7 Å². The number of carbonyl (C=O) groups excluding carboxylic acids is 2. The van der Waals surface area contributed by atoms with Crippen molar-refractivity contribution in [2.75, 3.05) is 26.7 Å². The van der Waals surface area contributed by atoms with Gasteiger partial charge in [0.2, 0.25) is 5.91 Å². The molecule has 1 atom stereocenters. The second-order valence-electron chi connectivity index (χ2n) is 6.18. The molecular weight excluding hydrogens is 308 g/mol. The summed E-state index contributed by atoms with van der Waals surface area (Å²) in [6.07, 6.45) is -0.242. The Hall–Kier alpha value is -1.92. The summed E-state index contributed by atoms with van der Waals surface area (Å²) < 4.78 is 5.52. The molecule has 1 unspecified atom stereocenters. The van der Waals surface area contributed by atoms with Crippen LogP contribution in [0.15, 0.2) is 24.3 Å². The maximum absolute atomic E-state index is 11.6. The molecule has 2 N–H and O–H groups in total. The zero-order valence-corrected chi connectivity index (χ0v) is 14.9. The maximum atomic E-state index is 11.6. The van der Waals surface area contributed by atoms with Crippen molar-refractivity contribution < 1.29 is 19.4 Å². The van der Waals surface area contributed by atoms with Gasteiger partial charge in [-0.1, -0.05) is 6.92 Å². The molecule has 0 aromatic heterocycles. The summed E-state index contributed by atoms with van der Waals surface area (Å²) >= 11 is 0. The van der Waals surface area contributed by atoms with E-state index in [1.807, 2.05) is 20.8 Å². The molecule has 0 spiro atoms. The number of nitrogens with one attached hydrogen (secondary N) is 1. The number of aliphatic hydroxyl groups is 1. The van der Waals surface area contributed by atoms with Crippen LogP contribution < -0.4 is 10.1 Å². The van der Waals surface area contributed by atoms with E-state index in [1.54, 1.807) is 36.2 Å². The summed E-state index contributed by atoms with van der Waals surface area (Å²) in [5.74, 6) is 0.613. The van der Waals surface area contributed by atoms with Crippen LogP contribution in [0.5, 0.6) is 5.75 Å². The molecular formula is C18H28N2O4. The van der Waals surface area contributed by atoms with E-state index < -0.39 is 6.10 Å². The molecule has 134 valence electrons. The van der Waals surface area contributed by atoms with Crippen LogP contribution in [-0.4, -0.2) is 60.6 Å². The molecule has 0 fully saturated rings. The van der Waals surface area contributed by atoms with Crippen molar-refractivity contribution in [3.05, 3.63) is 29.8 Å². The molecule has 0 saturated carbocycles. The average Bonchev–Trinajstić information content (AvgIpc) is 2.51. The predicted molar refractivity (Wildman–Crippen MR) is 93.3 cm³/mol. The number of ether oxygens (including phenoxy) is 1. The number of hydrogen-bond donors (Lipinski definition) is 2. The fourth-order valence-corrected chi connectivity index (χ4v) is 2.22. The monoisotopic (exact) mass is 336 g/mol. The Bertz CT molecular complexity index is 528. The van der Waals surface area contributed by atoms with Crippen molar-refractivity contribution in [3.63, 3.8) is 0 Å². The van der Waals surface area contributed by atoms with Crippen LogP contribution in [0.25, 0.3) is 0 Å². The minimum atomic E-state index is -0.709. The van der Waals surface area contributed by atoms with Gasteiger partial charge in [0.15, 0.2) is 5.78 Å². The molecule has 6 nitrogen and oxygen atoms in total. The van der Waals surface area contributed by atoms with Crippen molar-refractivity contribution in [1.82, 2.24) is 10.2 Å². The molecule has 0 saturated heterocycles. The number of amides is 1. The van der Waals surface area contributed by atoms with Gasteiger partial charge >= 0.3 is 0 Å². The Kier molecular flexibility index (Phi) is 8.43. The Labute approximate surface area is 143 Å². The first-order valence-electron chi connectivity index (χ1n) is 8.23. The minimum Gasteiger partial charge on any atom is -0.491 e. The van der Waals surface area contributed by atoms with Crippen molar-refractivity contribution in [1.29, 1.82) is 0 Å². The Morgan fingerprint density at radius 3 is 2.42 bits per heavy atom. The molecule has 24 heavy (non-hydrogen) atoms. The van der Waals surface area contributed by atoms with Gasteiger partial charge in [-0.15, -0.1) is 0 Å². The number of nitrogens with zero attached hydrogens (tertiary/aromatic N) is 1. The summed E-state index contributed by atoms with van der Waals surface area (Å²) in [7, 11) is 1.77. The van der Waals surface area contributed by atoms with Gasteiger partial charge in [-0.3, -0.25) is 14.5 Å². The fourth-order valence-electron chi connectivity index (χ4n) is 2.22. The smallest absolute Gasteiger partial charge is 0.234 e. The lowest BCUT2D eigenvalue weighted by molar-refractivity contribution is -0.122. The molecule has 0 heterocycles. The van der Waals surface area contributed by atoms with Crippen molar-refractivity contribution in [2.24, 2.45) is 0 Å². The van der Waals surface area contributed by atoms with Crippen LogP contribution in [0.4, 0.5) is 0 Å². The van der Waals surface area contributed by atoms with Gasteiger partial charge in [-0.05, 0) is 45.2 Å². The average molecular weight is 336 g/mol. The number of ketones is 1. The fraction of sp³-hybridized carbons (Fsp3) is 0.556. The third kappa shape index (κ3) is 7.57. The highest BCUT2D eigenvalue weighted by Crippen LogP contribution is 2.13. The zero-order chi connectivity index (χ0) is 18.1. The van der Waals surface area contributed by atoms with E-state index in [4.69, 9.17) is 4.74 Å². The number of Topliss-reactive ketones (excluding diaryl/α,β-unsaturated/α-hetero) is 1. The maximum Gasteiger partial charge on any atom is 0.234 e. The van der Waals surface area contributed by atoms with Crippen molar-refractivity contribution in [2.45, 2.75) is 39.3 Å². The summed E-state index contributed by atoms with van der Waals surface area (Å²) in [4.78, 5) is 24.9. The number of hydrogen-bond acceptors (Lipinski definition) is 5. The van der Waals surface area contributed by atoms with E-state index in [1.165, 1.54) is 0 Å². The lowest BCUT2D eigenvalue weighted by atomic mass is 10.1. The van der Waals surface area contributed by atoms with Crippen LogP contribution in [-0.2, 0) is 4.79 Å². The third-order valence-electron chi connectivity index (χ3n) is 3.33. The van der Waals surface area contributed by atoms with E-state index in [9.17, 15) is 14.7 Å². The van der Waals surface area contributed by atoms with Crippen molar-refractivity contribution in [3.8, 4) is 5.75 Å². The van der Waals surface area contributed by atoms with Gasteiger partial charge in [0.05, 0.1) is 6.54 Å². The van der Waals surface area contributed by atoms with Gasteiger partial charge < -0.3 is 15.2 Å². The molecule has 0 bridgehead atoms. The Morgan fingerprint density at radius 1 is 1.25 bits per heavy atom. The highest BCUT2D eigenvalue weighted by atomic mass is 16.5. The highest BCUT2D eigenvalue weighted by molar-refractivity contribution is 5.95. The third-order valence-corrected chi connectivity index (χ3v) is 3.33. The first-order chi connectivity index (χ1) is 11.3. The summed E-state index contributed by atoms with van der Waals surface area (Å²) in [6, 6.07) is 6.97. The number of likely N-dealkylation sites (N-methyl/N-ethyl adjacent to an activating group) is 1. The second kappa shape index (κ2) is 10.1. The van der Waals surface area contributed by atoms with E-state index in [0.29, 0.717) is 24.3 Å². The second-order valence-corrected chi connectivity index (χ2v) is 6.18. The van der Waals surface area contributed by atoms with Gasteiger partial charge in [-0.25, -0.2) is 0 Å². The summed E-state index contributed by atoms with van der Waals surface area (Å²) in [5, 5.41) is 12.8. The van der Waals surface area contributed by atoms with Crippen LogP contribution in [0, 0.1) is 0 Å². The van der Waals surface area contributed by atoms with Gasteiger partial charge in [0, 0.05) is 24.6 Å². The number of aliphatic hydroxyl groups excluding tert-OH is 1. The zero-order valence-electron chi connectivity index (χ0n) is 14.9. The first-order valence-corrected chi connectivity index (χ1v) is 8.23. The van der Waals surface area contributed by atoms with Crippen LogP contribution in [0.2, 0.25) is 0 Å². The van der Waals surface area contributed by atoms with Crippen LogP contribution >= 0.6 is 0 Å². The number of carbonyl (C=O) groups is 2. The van der Waals surface area contributed by atoms with E-state index in [0.717, 1.165) is 0 Å². The summed E-state index contributed by atoms with van der Waals surface area (Å²) in [5.41, 5.74) is 0.654. The first kappa shape index (κ1) is 20.1.